The number of hydrogen-bond acceptors (Lipinski definition) is 2. The molecule has 0 aliphatic heterocycles. The molecular formula is C11H20O2. The highest BCUT2D eigenvalue weighted by Gasteiger charge is 2.11. The first-order valence-corrected chi connectivity index (χ1v) is 4.71. The Morgan fingerprint density at radius 2 is 1.62 bits per heavy atom. The molecule has 0 amide bonds. The number of Topliss-reactive ketones (excluding diaryl/α,β-unsaturated/α-hetero) is 1. The van der Waals surface area contributed by atoms with E-state index in [4.69, 9.17) is 0 Å². The molecule has 2 atom stereocenters. The number of aliphatic hydroxyl groups excluding tert-OH is 1. The zero-order chi connectivity index (χ0) is 10.6. The number of aliphatic hydroxyl groups is 1. The van der Waals surface area contributed by atoms with Crippen molar-refractivity contribution in [1.82, 2.24) is 0 Å². The second kappa shape index (κ2) is 5.18. The Bertz CT molecular complexity index is 214. The van der Waals surface area contributed by atoms with Crippen LogP contribution in [0.5, 0.6) is 0 Å². The molecule has 2 nitrogen and oxygen atoms in total. The van der Waals surface area contributed by atoms with Crippen molar-refractivity contribution in [2.75, 3.05) is 0 Å². The molecule has 2 heteroatoms. The molecule has 0 aromatic rings. The van der Waals surface area contributed by atoms with Gasteiger partial charge in [0.15, 0.2) is 0 Å². The molecule has 0 saturated heterocycles. The summed E-state index contributed by atoms with van der Waals surface area (Å²) in [5, 5.41) is 9.33. The molecule has 0 heterocycles. The molecule has 0 aromatic carbocycles. The number of hydrogen-bond donors (Lipinski definition) is 1. The van der Waals surface area contributed by atoms with Crippen molar-refractivity contribution in [3.8, 4) is 0 Å². The maximum Gasteiger partial charge on any atom is 0.130 e. The van der Waals surface area contributed by atoms with Gasteiger partial charge in [0.2, 0.25) is 0 Å². The first-order chi connectivity index (χ1) is 5.86. The fraction of sp³-hybridized carbons (Fsp3) is 0.727. The summed E-state index contributed by atoms with van der Waals surface area (Å²) in [6, 6.07) is 0. The van der Waals surface area contributed by atoms with Crippen LogP contribution in [0.4, 0.5) is 0 Å². The van der Waals surface area contributed by atoms with Crippen molar-refractivity contribution < 1.29 is 9.90 Å². The summed E-state index contributed by atoms with van der Waals surface area (Å²) in [4.78, 5) is 10.9. The average molecular weight is 184 g/mol. The van der Waals surface area contributed by atoms with E-state index in [9.17, 15) is 9.90 Å². The summed E-state index contributed by atoms with van der Waals surface area (Å²) < 4.78 is 0. The Balaban J connectivity index is 4.47. The Labute approximate surface area is 80.7 Å². The standard InChI is InChI=1S/C11H20O2/c1-7(6-8(2)12)9(3)10(4)11(5)13/h7,11,13H,6H2,1-5H3/b10-9-/t7-,11?/m0/s1. The lowest BCUT2D eigenvalue weighted by atomic mass is 9.92. The van der Waals surface area contributed by atoms with Crippen LogP contribution in [0, 0.1) is 5.92 Å². The highest BCUT2D eigenvalue weighted by atomic mass is 16.3. The molecule has 0 fully saturated rings. The van der Waals surface area contributed by atoms with Crippen LogP contribution in [0.15, 0.2) is 11.1 Å². The Morgan fingerprint density at radius 3 is 1.92 bits per heavy atom. The van der Waals surface area contributed by atoms with E-state index in [-0.39, 0.29) is 11.7 Å². The summed E-state index contributed by atoms with van der Waals surface area (Å²) in [6.45, 7) is 9.26. The topological polar surface area (TPSA) is 37.3 Å². The first kappa shape index (κ1) is 12.4. The normalized spacial score (nSPS) is 17.7. The van der Waals surface area contributed by atoms with E-state index in [1.54, 1.807) is 13.8 Å². The number of carbonyl (C=O) groups excluding carboxylic acids is 1. The fourth-order valence-corrected chi connectivity index (χ4v) is 1.30. The molecule has 0 spiro atoms. The molecule has 0 radical (unpaired) electrons. The van der Waals surface area contributed by atoms with Crippen LogP contribution in [-0.2, 0) is 4.79 Å². The third kappa shape index (κ3) is 4.23. The summed E-state index contributed by atoms with van der Waals surface area (Å²) in [5.41, 5.74) is 2.11. The van der Waals surface area contributed by atoms with Gasteiger partial charge in [-0.15, -0.1) is 0 Å². The number of ketones is 1. The molecule has 13 heavy (non-hydrogen) atoms. The first-order valence-electron chi connectivity index (χ1n) is 4.71. The van der Waals surface area contributed by atoms with Crippen LogP contribution in [0.25, 0.3) is 0 Å². The molecule has 0 aliphatic rings. The molecule has 1 N–H and O–H groups in total. The quantitative estimate of drug-likeness (QED) is 0.681. The third-order valence-corrected chi connectivity index (χ3v) is 2.58. The van der Waals surface area contributed by atoms with Gasteiger partial charge in [-0.1, -0.05) is 12.5 Å². The van der Waals surface area contributed by atoms with Crippen molar-refractivity contribution in [1.29, 1.82) is 0 Å². The Kier molecular flexibility index (Phi) is 4.92. The van der Waals surface area contributed by atoms with Gasteiger partial charge >= 0.3 is 0 Å². The smallest absolute Gasteiger partial charge is 0.130 e. The van der Waals surface area contributed by atoms with Gasteiger partial charge in [0.25, 0.3) is 0 Å². The van der Waals surface area contributed by atoms with Crippen molar-refractivity contribution in [2.45, 2.75) is 47.1 Å². The van der Waals surface area contributed by atoms with Crippen LogP contribution < -0.4 is 0 Å². The predicted octanol–water partition coefficient (Wildman–Crippen LogP) is 2.32. The van der Waals surface area contributed by atoms with Gasteiger partial charge in [-0.3, -0.25) is 0 Å². The van der Waals surface area contributed by atoms with Gasteiger partial charge in [-0.05, 0) is 39.2 Å². The zero-order valence-electron chi connectivity index (χ0n) is 9.22. The van der Waals surface area contributed by atoms with E-state index >= 15 is 0 Å². The van der Waals surface area contributed by atoms with Crippen molar-refractivity contribution in [3.05, 3.63) is 11.1 Å². The number of rotatable bonds is 4. The van der Waals surface area contributed by atoms with Crippen molar-refractivity contribution >= 4 is 5.78 Å². The van der Waals surface area contributed by atoms with Crippen LogP contribution in [-0.4, -0.2) is 17.0 Å². The van der Waals surface area contributed by atoms with Gasteiger partial charge in [-0.2, -0.15) is 0 Å². The summed E-state index contributed by atoms with van der Waals surface area (Å²) in [7, 11) is 0. The largest absolute Gasteiger partial charge is 0.389 e. The van der Waals surface area contributed by atoms with Crippen LogP contribution in [0.1, 0.15) is 41.0 Å². The molecule has 76 valence electrons. The van der Waals surface area contributed by atoms with Crippen LogP contribution >= 0.6 is 0 Å². The van der Waals surface area contributed by atoms with Gasteiger partial charge in [0.05, 0.1) is 6.10 Å². The average Bonchev–Trinajstić information content (AvgIpc) is 2.00. The minimum absolute atomic E-state index is 0.199. The minimum Gasteiger partial charge on any atom is -0.389 e. The van der Waals surface area contributed by atoms with Crippen LogP contribution in [0.3, 0.4) is 0 Å². The summed E-state index contributed by atoms with van der Waals surface area (Å²) >= 11 is 0. The lowest BCUT2D eigenvalue weighted by molar-refractivity contribution is -0.117. The SMILES string of the molecule is CC(=O)C[C@H](C)/C(C)=C(/C)C(C)O. The van der Waals surface area contributed by atoms with Gasteiger partial charge in [-0.25, -0.2) is 0 Å². The second-order valence-electron chi connectivity index (χ2n) is 3.85. The van der Waals surface area contributed by atoms with Crippen LogP contribution in [0.2, 0.25) is 0 Å². The van der Waals surface area contributed by atoms with E-state index < -0.39 is 6.10 Å². The summed E-state index contributed by atoms with van der Waals surface area (Å²) in [5.74, 6) is 0.442. The zero-order valence-corrected chi connectivity index (χ0v) is 9.22. The maximum atomic E-state index is 10.9. The second-order valence-corrected chi connectivity index (χ2v) is 3.85. The predicted molar refractivity (Wildman–Crippen MR) is 54.5 cm³/mol. The maximum absolute atomic E-state index is 10.9. The lowest BCUT2D eigenvalue weighted by Crippen LogP contribution is -2.10. The highest BCUT2D eigenvalue weighted by molar-refractivity contribution is 5.76. The van der Waals surface area contributed by atoms with E-state index in [2.05, 4.69) is 0 Å². The molecule has 0 bridgehead atoms. The lowest BCUT2D eigenvalue weighted by Gasteiger charge is -2.16. The van der Waals surface area contributed by atoms with Gasteiger partial charge in [0.1, 0.15) is 5.78 Å². The van der Waals surface area contributed by atoms with E-state index in [0.29, 0.717) is 6.42 Å². The molecule has 1 unspecified atom stereocenters. The van der Waals surface area contributed by atoms with Gasteiger partial charge in [0, 0.05) is 6.42 Å². The molecule has 0 saturated carbocycles. The Hall–Kier alpha value is -0.630. The fourth-order valence-electron chi connectivity index (χ4n) is 1.30. The minimum atomic E-state index is -0.408. The van der Waals surface area contributed by atoms with E-state index in [1.807, 2.05) is 20.8 Å². The van der Waals surface area contributed by atoms with E-state index in [1.165, 1.54) is 0 Å². The summed E-state index contributed by atoms with van der Waals surface area (Å²) in [6.07, 6.45) is 0.157. The number of allylic oxidation sites excluding steroid dienone is 1. The van der Waals surface area contributed by atoms with Crippen molar-refractivity contribution in [3.63, 3.8) is 0 Å². The highest BCUT2D eigenvalue weighted by Crippen LogP contribution is 2.20. The number of carbonyl (C=O) groups is 1. The van der Waals surface area contributed by atoms with E-state index in [0.717, 1.165) is 11.1 Å². The molecule has 0 rings (SSSR count). The molecule has 0 aliphatic carbocycles. The van der Waals surface area contributed by atoms with Gasteiger partial charge < -0.3 is 9.90 Å². The third-order valence-electron chi connectivity index (χ3n) is 2.58. The molecule has 0 aromatic heterocycles. The Morgan fingerprint density at radius 1 is 1.15 bits per heavy atom. The monoisotopic (exact) mass is 184 g/mol. The van der Waals surface area contributed by atoms with Crippen molar-refractivity contribution in [2.24, 2.45) is 5.92 Å². The molecular weight excluding hydrogens is 164 g/mol.